The van der Waals surface area contributed by atoms with Gasteiger partial charge < -0.3 is 14.2 Å². The summed E-state index contributed by atoms with van der Waals surface area (Å²) in [5.74, 6) is 0.101. The van der Waals surface area contributed by atoms with Gasteiger partial charge in [-0.05, 0) is 37.2 Å². The first-order valence-corrected chi connectivity index (χ1v) is 10.8. The maximum atomic E-state index is 13.6. The van der Waals surface area contributed by atoms with Gasteiger partial charge in [-0.3, -0.25) is 4.79 Å². The van der Waals surface area contributed by atoms with E-state index in [9.17, 15) is 22.8 Å². The summed E-state index contributed by atoms with van der Waals surface area (Å²) in [6.45, 7) is 10.1. The fourth-order valence-electron chi connectivity index (χ4n) is 4.14. The highest BCUT2D eigenvalue weighted by atomic mass is 19.4. The van der Waals surface area contributed by atoms with Crippen LogP contribution in [0.2, 0.25) is 0 Å². The van der Waals surface area contributed by atoms with Gasteiger partial charge in [-0.25, -0.2) is 4.79 Å². The van der Waals surface area contributed by atoms with E-state index in [0.717, 1.165) is 30.5 Å². The molecule has 0 amide bonds. The van der Waals surface area contributed by atoms with Crippen LogP contribution < -0.4 is 5.56 Å². The van der Waals surface area contributed by atoms with E-state index in [4.69, 9.17) is 4.74 Å². The number of rotatable bonds is 10. The summed E-state index contributed by atoms with van der Waals surface area (Å²) in [4.78, 5) is 27.3. The van der Waals surface area contributed by atoms with Crippen LogP contribution in [0.1, 0.15) is 64.1 Å². The number of alkyl halides is 3. The Hall–Kier alpha value is -1.83. The zero-order valence-corrected chi connectivity index (χ0v) is 18.3. The monoisotopic (exact) mass is 430 g/mol. The lowest BCUT2D eigenvalue weighted by Gasteiger charge is -2.37. The second-order valence-electron chi connectivity index (χ2n) is 8.47. The third-order valence-corrected chi connectivity index (χ3v) is 5.61. The predicted octanol–water partition coefficient (Wildman–Crippen LogP) is 4.29. The van der Waals surface area contributed by atoms with Gasteiger partial charge in [0.15, 0.2) is 0 Å². The molecular formula is C22H33F3N2O3. The standard InChI is InChI=1S/C22H33F3N2O3/c1-5-7-15(3)10-19(21(29)30-6-2)27-14-17(8-9-26-12-16(4)13-26)18(11-20(27)28)22(23,24)25/h11,14-16,19H,5-10,12-13H2,1-4H3. The second-order valence-corrected chi connectivity index (χ2v) is 8.47. The quantitative estimate of drug-likeness (QED) is 0.520. The maximum absolute atomic E-state index is 13.6. The first kappa shape index (κ1) is 24.4. The Morgan fingerprint density at radius 3 is 2.50 bits per heavy atom. The lowest BCUT2D eigenvalue weighted by molar-refractivity contribution is -0.147. The van der Waals surface area contributed by atoms with Crippen molar-refractivity contribution in [2.24, 2.45) is 11.8 Å². The number of halogens is 3. The fourth-order valence-corrected chi connectivity index (χ4v) is 4.14. The highest BCUT2D eigenvalue weighted by molar-refractivity contribution is 5.74. The summed E-state index contributed by atoms with van der Waals surface area (Å²) in [6, 6.07) is -0.297. The van der Waals surface area contributed by atoms with Crippen molar-refractivity contribution in [2.75, 3.05) is 26.2 Å². The number of pyridine rings is 1. The second kappa shape index (κ2) is 10.5. The van der Waals surface area contributed by atoms with Crippen LogP contribution in [0, 0.1) is 11.8 Å². The van der Waals surface area contributed by atoms with Crippen LogP contribution in [0.15, 0.2) is 17.1 Å². The molecule has 2 atom stereocenters. The smallest absolute Gasteiger partial charge is 0.416 e. The van der Waals surface area contributed by atoms with Crippen molar-refractivity contribution in [1.82, 2.24) is 9.47 Å². The molecule has 0 spiro atoms. The predicted molar refractivity (Wildman–Crippen MR) is 109 cm³/mol. The number of hydrogen-bond acceptors (Lipinski definition) is 4. The van der Waals surface area contributed by atoms with E-state index >= 15 is 0 Å². The molecule has 0 bridgehead atoms. The Kier molecular flexibility index (Phi) is 8.52. The van der Waals surface area contributed by atoms with Crippen LogP contribution >= 0.6 is 0 Å². The molecule has 1 aliphatic heterocycles. The first-order valence-electron chi connectivity index (χ1n) is 10.8. The van der Waals surface area contributed by atoms with E-state index in [1.807, 2.05) is 13.8 Å². The number of likely N-dealkylation sites (tertiary alicyclic amines) is 1. The van der Waals surface area contributed by atoms with Crippen molar-refractivity contribution < 1.29 is 22.7 Å². The summed E-state index contributed by atoms with van der Waals surface area (Å²) >= 11 is 0. The fraction of sp³-hybridized carbons (Fsp3) is 0.727. The molecule has 0 saturated carbocycles. The number of ether oxygens (including phenoxy) is 1. The molecule has 0 aromatic carbocycles. The van der Waals surface area contributed by atoms with Crippen molar-refractivity contribution in [3.05, 3.63) is 33.7 Å². The average molecular weight is 431 g/mol. The molecule has 2 rings (SSSR count). The Bertz CT molecular complexity index is 770. The Balaban J connectivity index is 2.40. The topological polar surface area (TPSA) is 51.5 Å². The summed E-state index contributed by atoms with van der Waals surface area (Å²) < 4.78 is 47.0. The van der Waals surface area contributed by atoms with Gasteiger partial charge in [-0.1, -0.05) is 33.6 Å². The van der Waals surface area contributed by atoms with Crippen molar-refractivity contribution in [3.63, 3.8) is 0 Å². The summed E-state index contributed by atoms with van der Waals surface area (Å²) in [5, 5.41) is 0. The molecule has 2 unspecified atom stereocenters. The third-order valence-electron chi connectivity index (χ3n) is 5.61. The van der Waals surface area contributed by atoms with Crippen molar-refractivity contribution in [1.29, 1.82) is 0 Å². The van der Waals surface area contributed by atoms with E-state index < -0.39 is 29.3 Å². The molecule has 1 saturated heterocycles. The Morgan fingerprint density at radius 1 is 1.30 bits per heavy atom. The molecular weight excluding hydrogens is 397 g/mol. The number of nitrogens with zero attached hydrogens (tertiary/aromatic N) is 2. The van der Waals surface area contributed by atoms with Crippen LogP contribution in [-0.2, 0) is 22.1 Å². The molecule has 1 aliphatic rings. The summed E-state index contributed by atoms with van der Waals surface area (Å²) in [5.41, 5.74) is -1.70. The molecule has 0 aliphatic carbocycles. The lowest BCUT2D eigenvalue weighted by Crippen LogP contribution is -2.46. The van der Waals surface area contributed by atoms with Gasteiger partial charge in [0.2, 0.25) is 0 Å². The zero-order valence-electron chi connectivity index (χ0n) is 18.3. The van der Waals surface area contributed by atoms with E-state index in [2.05, 4.69) is 11.8 Å². The van der Waals surface area contributed by atoms with Crippen LogP contribution in [0.5, 0.6) is 0 Å². The van der Waals surface area contributed by atoms with Crippen molar-refractivity contribution in [3.8, 4) is 0 Å². The number of aromatic nitrogens is 1. The number of esters is 1. The minimum Gasteiger partial charge on any atom is -0.464 e. The first-order chi connectivity index (χ1) is 14.1. The van der Waals surface area contributed by atoms with Crippen LogP contribution in [-0.4, -0.2) is 41.7 Å². The number of carbonyl (C=O) groups excluding carboxylic acids is 1. The molecule has 1 aromatic rings. The van der Waals surface area contributed by atoms with Crippen LogP contribution in [0.3, 0.4) is 0 Å². The van der Waals surface area contributed by atoms with Gasteiger partial charge in [0.05, 0.1) is 12.2 Å². The van der Waals surface area contributed by atoms with E-state index in [1.54, 1.807) is 6.92 Å². The van der Waals surface area contributed by atoms with Gasteiger partial charge in [0.1, 0.15) is 6.04 Å². The van der Waals surface area contributed by atoms with Crippen LogP contribution in [0.25, 0.3) is 0 Å². The van der Waals surface area contributed by atoms with Gasteiger partial charge >= 0.3 is 12.1 Å². The van der Waals surface area contributed by atoms with Gasteiger partial charge in [-0.2, -0.15) is 13.2 Å². The minimum absolute atomic E-state index is 0.0408. The number of hydrogen-bond donors (Lipinski definition) is 0. The molecule has 5 nitrogen and oxygen atoms in total. The molecule has 8 heteroatoms. The lowest BCUT2D eigenvalue weighted by atomic mass is 9.96. The minimum atomic E-state index is -4.62. The summed E-state index contributed by atoms with van der Waals surface area (Å²) in [7, 11) is 0. The van der Waals surface area contributed by atoms with Crippen molar-refractivity contribution >= 4 is 5.97 Å². The average Bonchev–Trinajstić information content (AvgIpc) is 2.62. The Labute approximate surface area is 176 Å². The SMILES string of the molecule is CCCC(C)CC(C(=O)OCC)n1cc(CCN2CC(C)C2)c(C(F)(F)F)cc1=O. The number of carbonyl (C=O) groups is 1. The van der Waals surface area contributed by atoms with E-state index in [-0.39, 0.29) is 24.5 Å². The van der Waals surface area contributed by atoms with Crippen molar-refractivity contribution in [2.45, 2.75) is 65.6 Å². The largest absolute Gasteiger partial charge is 0.464 e. The molecule has 0 N–H and O–H groups in total. The highest BCUT2D eigenvalue weighted by Crippen LogP contribution is 2.32. The van der Waals surface area contributed by atoms with Gasteiger partial charge in [0.25, 0.3) is 5.56 Å². The molecule has 0 radical (unpaired) electrons. The molecule has 30 heavy (non-hydrogen) atoms. The molecule has 1 fully saturated rings. The third kappa shape index (κ3) is 6.33. The van der Waals surface area contributed by atoms with E-state index in [1.165, 1.54) is 6.20 Å². The normalized spacial score (nSPS) is 17.4. The van der Waals surface area contributed by atoms with Gasteiger partial charge in [-0.15, -0.1) is 0 Å². The maximum Gasteiger partial charge on any atom is 0.416 e. The summed E-state index contributed by atoms with van der Waals surface area (Å²) in [6.07, 6.45) is -1.11. The van der Waals surface area contributed by atoms with E-state index in [0.29, 0.717) is 24.9 Å². The molecule has 2 heterocycles. The van der Waals surface area contributed by atoms with Gasteiger partial charge in [0, 0.05) is 31.9 Å². The molecule has 1 aromatic heterocycles. The zero-order chi connectivity index (χ0) is 22.5. The Morgan fingerprint density at radius 2 is 1.97 bits per heavy atom. The highest BCUT2D eigenvalue weighted by Gasteiger charge is 2.36. The van der Waals surface area contributed by atoms with Crippen LogP contribution in [0.4, 0.5) is 13.2 Å². The molecule has 170 valence electrons.